The lowest BCUT2D eigenvalue weighted by molar-refractivity contribution is -0.173. The van der Waals surface area contributed by atoms with E-state index in [-0.39, 0.29) is 23.4 Å². The van der Waals surface area contributed by atoms with Crippen molar-refractivity contribution in [3.05, 3.63) is 0 Å². The highest BCUT2D eigenvalue weighted by Crippen LogP contribution is 2.64. The summed E-state index contributed by atoms with van der Waals surface area (Å²) in [4.78, 5) is 37.3. The van der Waals surface area contributed by atoms with Gasteiger partial charge in [-0.1, -0.05) is 0 Å². The maximum absolute atomic E-state index is 12.7. The van der Waals surface area contributed by atoms with Crippen molar-refractivity contribution in [3.8, 4) is 0 Å². The molecule has 1 heterocycles. The molecule has 0 radical (unpaired) electrons. The Hall–Kier alpha value is -1.10. The smallest absolute Gasteiger partial charge is 0.312 e. The second kappa shape index (κ2) is 5.20. The van der Waals surface area contributed by atoms with Crippen molar-refractivity contribution in [2.75, 3.05) is 13.2 Å². The van der Waals surface area contributed by atoms with Gasteiger partial charge >= 0.3 is 5.97 Å². The molecule has 0 aromatic heterocycles. The van der Waals surface area contributed by atoms with Crippen LogP contribution in [0.3, 0.4) is 0 Å². The van der Waals surface area contributed by atoms with Gasteiger partial charge in [-0.2, -0.15) is 0 Å². The van der Waals surface area contributed by atoms with Crippen LogP contribution in [0.25, 0.3) is 0 Å². The fourth-order valence-corrected chi connectivity index (χ4v) is 6.35. The summed E-state index contributed by atoms with van der Waals surface area (Å²) in [5.41, 5.74) is -0.499. The monoisotopic (exact) mass is 339 g/mol. The van der Waals surface area contributed by atoms with Crippen LogP contribution in [0.2, 0.25) is 0 Å². The van der Waals surface area contributed by atoms with E-state index in [0.717, 1.165) is 25.7 Å². The Morgan fingerprint density at radius 3 is 2.48 bits per heavy atom. The fourth-order valence-electron chi connectivity index (χ4n) is 5.66. The topological polar surface area (TPSA) is 63.7 Å². The molecule has 5 fully saturated rings. The van der Waals surface area contributed by atoms with Gasteiger partial charge < -0.3 is 4.74 Å². The first kappa shape index (κ1) is 15.4. The molecular weight excluding hydrogens is 318 g/mol. The van der Waals surface area contributed by atoms with Crippen LogP contribution in [0.1, 0.15) is 51.4 Å². The van der Waals surface area contributed by atoms with Crippen LogP contribution >= 0.6 is 11.6 Å². The van der Waals surface area contributed by atoms with Crippen LogP contribution in [0.4, 0.5) is 0 Å². The summed E-state index contributed by atoms with van der Waals surface area (Å²) in [7, 11) is 0. The minimum absolute atomic E-state index is 0.166. The number of likely N-dealkylation sites (tertiary alicyclic amines) is 1. The molecule has 5 nitrogen and oxygen atoms in total. The van der Waals surface area contributed by atoms with Gasteiger partial charge in [-0.25, -0.2) is 0 Å². The number of amides is 2. The number of carbonyl (C=O) groups is 3. The Morgan fingerprint density at radius 2 is 1.91 bits per heavy atom. The molecular formula is C17H22ClNO4. The summed E-state index contributed by atoms with van der Waals surface area (Å²) in [6.45, 7) is 0.117. The highest BCUT2D eigenvalue weighted by molar-refractivity contribution is 6.24. The molecule has 5 aliphatic rings. The fraction of sp³-hybridized carbons (Fsp3) is 0.824. The largest absolute Gasteiger partial charge is 0.455 e. The van der Waals surface area contributed by atoms with Crippen molar-refractivity contribution in [2.24, 2.45) is 17.3 Å². The van der Waals surface area contributed by atoms with Crippen LogP contribution < -0.4 is 0 Å². The molecule has 0 spiro atoms. The Morgan fingerprint density at radius 1 is 1.22 bits per heavy atom. The summed E-state index contributed by atoms with van der Waals surface area (Å²) in [6.07, 6.45) is 6.63. The normalized spacial score (nSPS) is 41.4. The zero-order chi connectivity index (χ0) is 16.2. The molecule has 126 valence electrons. The Labute approximate surface area is 140 Å². The van der Waals surface area contributed by atoms with E-state index in [4.69, 9.17) is 16.3 Å². The number of nitrogens with zero attached hydrogens (tertiary/aromatic N) is 1. The van der Waals surface area contributed by atoms with Crippen molar-refractivity contribution in [3.63, 3.8) is 0 Å². The number of carbonyl (C=O) groups excluding carboxylic acids is 3. The van der Waals surface area contributed by atoms with Gasteiger partial charge in [0.15, 0.2) is 6.61 Å². The number of imide groups is 1. The third kappa shape index (κ3) is 2.57. The first-order chi connectivity index (χ1) is 10.9. The quantitative estimate of drug-likeness (QED) is 0.584. The van der Waals surface area contributed by atoms with Gasteiger partial charge in [0.2, 0.25) is 5.91 Å². The van der Waals surface area contributed by atoms with E-state index in [9.17, 15) is 14.4 Å². The van der Waals surface area contributed by atoms with Crippen LogP contribution in [-0.2, 0) is 19.1 Å². The number of hydrogen-bond acceptors (Lipinski definition) is 4. The molecule has 4 aliphatic carbocycles. The molecule has 2 amide bonds. The van der Waals surface area contributed by atoms with Crippen molar-refractivity contribution in [1.82, 2.24) is 4.90 Å². The first-order valence-corrected chi connectivity index (χ1v) is 8.96. The van der Waals surface area contributed by atoms with E-state index in [0.29, 0.717) is 37.6 Å². The van der Waals surface area contributed by atoms with Gasteiger partial charge in [0.1, 0.15) is 0 Å². The van der Waals surface area contributed by atoms with Crippen molar-refractivity contribution in [2.45, 2.75) is 56.2 Å². The maximum atomic E-state index is 12.7. The third-order valence-electron chi connectivity index (χ3n) is 6.12. The van der Waals surface area contributed by atoms with Gasteiger partial charge in [-0.3, -0.25) is 19.3 Å². The molecule has 0 N–H and O–H groups in total. The number of esters is 1. The lowest BCUT2D eigenvalue weighted by Gasteiger charge is -2.58. The SMILES string of the molecule is O=C1CCCN1C(=O)COC(=O)C12C[C@@H]3C[C@H](CC(Cl)(C3)C1)C2. The standard InChI is InChI=1S/C17H22ClNO4/c18-17-7-11-4-12(8-17)6-16(5-11,10-17)15(22)23-9-14(21)19-3-1-2-13(19)20/h11-12H,1-10H2/t11-,12-,16?,17?/m0/s1. The zero-order valence-corrected chi connectivity index (χ0v) is 13.9. The number of rotatable bonds is 3. The maximum Gasteiger partial charge on any atom is 0.312 e. The Kier molecular flexibility index (Phi) is 3.49. The summed E-state index contributed by atoms with van der Waals surface area (Å²) in [5.74, 6) is 0.178. The summed E-state index contributed by atoms with van der Waals surface area (Å²) in [6, 6.07) is 0. The molecule has 2 atom stereocenters. The van der Waals surface area contributed by atoms with Gasteiger partial charge in [0, 0.05) is 17.8 Å². The Bertz CT molecular complexity index is 561. The highest BCUT2D eigenvalue weighted by Gasteiger charge is 2.60. The van der Waals surface area contributed by atoms with Gasteiger partial charge in [-0.15, -0.1) is 11.6 Å². The van der Waals surface area contributed by atoms with E-state index < -0.39 is 11.3 Å². The number of ether oxygens (including phenoxy) is 1. The summed E-state index contributed by atoms with van der Waals surface area (Å²) >= 11 is 6.72. The predicted octanol–water partition coefficient (Wildman–Crippen LogP) is 2.26. The average molecular weight is 340 g/mol. The zero-order valence-electron chi connectivity index (χ0n) is 13.2. The lowest BCUT2D eigenvalue weighted by atomic mass is 9.49. The van der Waals surface area contributed by atoms with E-state index in [1.165, 1.54) is 11.3 Å². The second-order valence-corrected chi connectivity index (χ2v) is 8.81. The first-order valence-electron chi connectivity index (χ1n) is 8.59. The minimum Gasteiger partial charge on any atom is -0.455 e. The molecule has 1 aliphatic heterocycles. The molecule has 0 unspecified atom stereocenters. The molecule has 6 heteroatoms. The van der Waals surface area contributed by atoms with Gasteiger partial charge in [0.25, 0.3) is 5.91 Å². The van der Waals surface area contributed by atoms with Crippen LogP contribution in [0, 0.1) is 17.3 Å². The van der Waals surface area contributed by atoms with Crippen molar-refractivity contribution in [1.29, 1.82) is 0 Å². The van der Waals surface area contributed by atoms with Gasteiger partial charge in [0.05, 0.1) is 5.41 Å². The lowest BCUT2D eigenvalue weighted by Crippen LogP contribution is -2.56. The minimum atomic E-state index is -0.499. The van der Waals surface area contributed by atoms with Crippen molar-refractivity contribution < 1.29 is 19.1 Å². The molecule has 1 saturated heterocycles. The predicted molar refractivity (Wildman–Crippen MR) is 82.6 cm³/mol. The molecule has 5 rings (SSSR count). The second-order valence-electron chi connectivity index (χ2n) is 8.01. The van der Waals surface area contributed by atoms with E-state index in [2.05, 4.69) is 0 Å². The average Bonchev–Trinajstić information content (AvgIpc) is 2.88. The Balaban J connectivity index is 1.41. The van der Waals surface area contributed by atoms with Crippen LogP contribution in [0.5, 0.6) is 0 Å². The molecule has 0 aromatic carbocycles. The molecule has 0 aromatic rings. The van der Waals surface area contributed by atoms with E-state index in [1.54, 1.807) is 0 Å². The van der Waals surface area contributed by atoms with Crippen molar-refractivity contribution >= 4 is 29.4 Å². The summed E-state index contributed by atoms with van der Waals surface area (Å²) < 4.78 is 5.35. The molecule has 4 saturated carbocycles. The van der Waals surface area contributed by atoms with E-state index in [1.807, 2.05) is 0 Å². The summed E-state index contributed by atoms with van der Waals surface area (Å²) in [5, 5.41) is 0. The number of alkyl halides is 1. The highest BCUT2D eigenvalue weighted by atomic mass is 35.5. The third-order valence-corrected chi connectivity index (χ3v) is 6.57. The number of halogens is 1. The van der Waals surface area contributed by atoms with Crippen LogP contribution in [0.15, 0.2) is 0 Å². The molecule has 23 heavy (non-hydrogen) atoms. The van der Waals surface area contributed by atoms with Gasteiger partial charge in [-0.05, 0) is 56.8 Å². The number of hydrogen-bond donors (Lipinski definition) is 0. The van der Waals surface area contributed by atoms with E-state index >= 15 is 0 Å². The van der Waals surface area contributed by atoms with Crippen LogP contribution in [-0.4, -0.2) is 40.7 Å². The molecule has 4 bridgehead atoms.